The minimum atomic E-state index is -4.24. The molecule has 12 heteroatoms. The van der Waals surface area contributed by atoms with Crippen molar-refractivity contribution in [3.05, 3.63) is 57.6 Å². The Bertz CT molecular complexity index is 1190. The molecular formula is C19H14Cl2N2O6S2. The summed E-state index contributed by atoms with van der Waals surface area (Å²) in [5.74, 6) is -1.60. The molecule has 2 amide bonds. The predicted molar refractivity (Wildman–Crippen MR) is 119 cm³/mol. The van der Waals surface area contributed by atoms with Gasteiger partial charge in [0, 0.05) is 5.02 Å². The van der Waals surface area contributed by atoms with E-state index in [-0.39, 0.29) is 38.7 Å². The third kappa shape index (κ3) is 5.34. The molecule has 31 heavy (non-hydrogen) atoms. The second kappa shape index (κ2) is 9.23. The Morgan fingerprint density at radius 2 is 1.68 bits per heavy atom. The van der Waals surface area contributed by atoms with E-state index in [9.17, 15) is 18.0 Å². The normalized spacial score (nSPS) is 14.0. The molecule has 2 aromatic carbocycles. The zero-order chi connectivity index (χ0) is 22.8. The predicted octanol–water partition coefficient (Wildman–Crippen LogP) is 3.07. The molecule has 1 heterocycles. The third-order valence-electron chi connectivity index (χ3n) is 3.88. The van der Waals surface area contributed by atoms with Gasteiger partial charge in [-0.15, -0.1) is 0 Å². The Morgan fingerprint density at radius 3 is 2.26 bits per heavy atom. The van der Waals surface area contributed by atoms with Crippen LogP contribution in [0.15, 0.2) is 46.9 Å². The van der Waals surface area contributed by atoms with Gasteiger partial charge in [0.25, 0.3) is 11.8 Å². The molecule has 0 saturated carbocycles. The van der Waals surface area contributed by atoms with Gasteiger partial charge in [-0.25, -0.2) is 0 Å². The number of benzene rings is 2. The molecule has 0 unspecified atom stereocenters. The van der Waals surface area contributed by atoms with E-state index in [0.717, 1.165) is 0 Å². The van der Waals surface area contributed by atoms with Gasteiger partial charge >= 0.3 is 10.1 Å². The van der Waals surface area contributed by atoms with E-state index in [1.807, 2.05) is 0 Å². The lowest BCUT2D eigenvalue weighted by molar-refractivity contribution is -0.123. The lowest BCUT2D eigenvalue weighted by Crippen LogP contribution is -2.51. The minimum absolute atomic E-state index is 0.00605. The van der Waals surface area contributed by atoms with E-state index in [0.29, 0.717) is 10.6 Å². The second-order valence-electron chi connectivity index (χ2n) is 6.05. The number of ether oxygens (including phenoxy) is 1. The largest absolute Gasteiger partial charge is 0.490 e. The van der Waals surface area contributed by atoms with E-state index < -0.39 is 21.9 Å². The number of carbonyl (C=O) groups excluding carboxylic acids is 2. The molecule has 0 aromatic heterocycles. The van der Waals surface area contributed by atoms with Crippen molar-refractivity contribution in [1.82, 2.24) is 10.6 Å². The van der Waals surface area contributed by atoms with Crippen LogP contribution in [0.5, 0.6) is 11.5 Å². The van der Waals surface area contributed by atoms with Gasteiger partial charge in [0.2, 0.25) is 5.75 Å². The van der Waals surface area contributed by atoms with Gasteiger partial charge in [0.15, 0.2) is 10.9 Å². The fourth-order valence-electron chi connectivity index (χ4n) is 2.55. The molecule has 1 saturated heterocycles. The molecule has 0 bridgehead atoms. The summed E-state index contributed by atoms with van der Waals surface area (Å²) in [6.45, 7) is 1.85. The summed E-state index contributed by atoms with van der Waals surface area (Å²) in [4.78, 5) is 24.0. The number of amides is 2. The maximum absolute atomic E-state index is 12.6. The van der Waals surface area contributed by atoms with Crippen molar-refractivity contribution in [2.45, 2.75) is 11.8 Å². The topological polar surface area (TPSA) is 111 Å². The smallest absolute Gasteiger partial charge is 0.339 e. The van der Waals surface area contributed by atoms with Crippen molar-refractivity contribution in [1.29, 1.82) is 0 Å². The molecule has 8 nitrogen and oxygen atoms in total. The number of carbonyl (C=O) groups is 2. The van der Waals surface area contributed by atoms with Gasteiger partial charge in [-0.1, -0.05) is 23.2 Å². The fraction of sp³-hybridized carbons (Fsp3) is 0.105. The Labute approximate surface area is 193 Å². The number of nitrogens with one attached hydrogen (secondary N) is 2. The van der Waals surface area contributed by atoms with Crippen LogP contribution in [0.2, 0.25) is 10.0 Å². The van der Waals surface area contributed by atoms with Gasteiger partial charge < -0.3 is 8.92 Å². The van der Waals surface area contributed by atoms with Crippen LogP contribution in [0, 0.1) is 0 Å². The molecule has 1 aliphatic rings. The molecule has 2 N–H and O–H groups in total. The minimum Gasteiger partial charge on any atom is -0.490 e. The highest BCUT2D eigenvalue weighted by Crippen LogP contribution is 2.39. The van der Waals surface area contributed by atoms with Gasteiger partial charge in [-0.2, -0.15) is 8.42 Å². The molecule has 0 radical (unpaired) electrons. The first kappa shape index (κ1) is 23.0. The van der Waals surface area contributed by atoms with Crippen molar-refractivity contribution in [3.63, 3.8) is 0 Å². The number of hydrogen-bond acceptors (Lipinski definition) is 7. The molecule has 0 spiro atoms. The zero-order valence-electron chi connectivity index (χ0n) is 15.8. The van der Waals surface area contributed by atoms with Crippen LogP contribution < -0.4 is 19.6 Å². The highest BCUT2D eigenvalue weighted by molar-refractivity contribution is 7.87. The Balaban J connectivity index is 2.00. The van der Waals surface area contributed by atoms with Gasteiger partial charge in [0.05, 0.1) is 11.6 Å². The summed E-state index contributed by atoms with van der Waals surface area (Å²) in [5.41, 5.74) is 0.0902. The van der Waals surface area contributed by atoms with Crippen molar-refractivity contribution in [2.24, 2.45) is 0 Å². The number of rotatable bonds is 6. The molecule has 0 aliphatic carbocycles. The Morgan fingerprint density at radius 1 is 1.06 bits per heavy atom. The first-order valence-corrected chi connectivity index (χ1v) is 11.2. The van der Waals surface area contributed by atoms with Crippen LogP contribution in [0.25, 0.3) is 6.08 Å². The third-order valence-corrected chi connectivity index (χ3v) is 5.85. The highest BCUT2D eigenvalue weighted by Gasteiger charge is 2.27. The SMILES string of the molecule is CCOc1cc(C=C2C(=O)NC(=S)NC2=O)cc(Cl)c1OS(=O)(=O)c1ccc(Cl)cc1. The number of hydrogen-bond donors (Lipinski definition) is 2. The summed E-state index contributed by atoms with van der Waals surface area (Å²) in [6.07, 6.45) is 1.26. The van der Waals surface area contributed by atoms with E-state index in [1.165, 1.54) is 42.5 Å². The van der Waals surface area contributed by atoms with Crippen LogP contribution in [-0.4, -0.2) is 32.0 Å². The highest BCUT2D eigenvalue weighted by atomic mass is 35.5. The van der Waals surface area contributed by atoms with Crippen molar-refractivity contribution < 1.29 is 26.9 Å². The standard InChI is InChI=1S/C19H14Cl2N2O6S2/c1-2-28-15-9-10(7-13-17(24)22-19(30)23-18(13)25)8-14(21)16(15)29-31(26,27)12-5-3-11(20)4-6-12/h3-9H,2H2,1H3,(H2,22,23,24,25,30). The maximum atomic E-state index is 12.6. The summed E-state index contributed by atoms with van der Waals surface area (Å²) >= 11 is 16.8. The molecule has 2 aromatic rings. The van der Waals surface area contributed by atoms with E-state index >= 15 is 0 Å². The van der Waals surface area contributed by atoms with Gasteiger partial charge in [-0.3, -0.25) is 20.2 Å². The van der Waals surface area contributed by atoms with E-state index in [1.54, 1.807) is 6.92 Å². The summed E-state index contributed by atoms with van der Waals surface area (Å²) in [5, 5.41) is 4.78. The fourth-order valence-corrected chi connectivity index (χ4v) is 4.12. The first-order valence-electron chi connectivity index (χ1n) is 8.65. The summed E-state index contributed by atoms with van der Waals surface area (Å²) < 4.78 is 36.0. The van der Waals surface area contributed by atoms with Crippen molar-refractivity contribution >= 4 is 68.5 Å². The zero-order valence-corrected chi connectivity index (χ0v) is 18.9. The molecule has 0 atom stereocenters. The Kier molecular flexibility index (Phi) is 6.85. The Hall–Kier alpha value is -2.66. The van der Waals surface area contributed by atoms with Crippen LogP contribution >= 0.6 is 35.4 Å². The monoisotopic (exact) mass is 500 g/mol. The summed E-state index contributed by atoms with van der Waals surface area (Å²) in [6, 6.07) is 8.11. The molecule has 162 valence electrons. The van der Waals surface area contributed by atoms with E-state index in [4.69, 9.17) is 44.3 Å². The van der Waals surface area contributed by atoms with Crippen LogP contribution in [0.3, 0.4) is 0 Å². The number of thiocarbonyl (C=S) groups is 1. The van der Waals surface area contributed by atoms with Gasteiger partial charge in [-0.05, 0) is 67.2 Å². The van der Waals surface area contributed by atoms with Crippen LogP contribution in [0.1, 0.15) is 12.5 Å². The maximum Gasteiger partial charge on any atom is 0.339 e. The lowest BCUT2D eigenvalue weighted by atomic mass is 10.1. The second-order valence-corrected chi connectivity index (χ2v) is 8.85. The van der Waals surface area contributed by atoms with Gasteiger partial charge in [0.1, 0.15) is 10.5 Å². The average molecular weight is 501 g/mol. The lowest BCUT2D eigenvalue weighted by Gasteiger charge is -2.17. The quantitative estimate of drug-likeness (QED) is 0.271. The molecule has 1 aliphatic heterocycles. The van der Waals surface area contributed by atoms with Crippen LogP contribution in [0.4, 0.5) is 0 Å². The van der Waals surface area contributed by atoms with Crippen molar-refractivity contribution in [2.75, 3.05) is 6.61 Å². The summed E-state index contributed by atoms with van der Waals surface area (Å²) in [7, 11) is -4.24. The molecular weight excluding hydrogens is 487 g/mol. The van der Waals surface area contributed by atoms with Crippen LogP contribution in [-0.2, 0) is 19.7 Å². The molecule has 3 rings (SSSR count). The number of halogens is 2. The molecule has 1 fully saturated rings. The van der Waals surface area contributed by atoms with Crippen molar-refractivity contribution in [3.8, 4) is 11.5 Å². The average Bonchev–Trinajstić information content (AvgIpc) is 2.68. The van der Waals surface area contributed by atoms with E-state index in [2.05, 4.69) is 10.6 Å². The first-order chi connectivity index (χ1) is 14.6.